The molecule has 204 valence electrons. The molecule has 0 aromatic rings. The van der Waals surface area contributed by atoms with Crippen molar-refractivity contribution in [3.63, 3.8) is 0 Å². The fourth-order valence-corrected chi connectivity index (χ4v) is 11.1. The molecular formula is C32H47NO4. The van der Waals surface area contributed by atoms with Gasteiger partial charge in [0.15, 0.2) is 5.78 Å². The fraction of sp³-hybridized carbons (Fsp3) is 0.844. The van der Waals surface area contributed by atoms with Crippen molar-refractivity contribution in [2.45, 2.75) is 106 Å². The molecule has 0 amide bonds. The number of allylic oxidation sites excluding steroid dienone is 2. The van der Waals surface area contributed by atoms with Gasteiger partial charge in [0.2, 0.25) is 0 Å². The van der Waals surface area contributed by atoms with E-state index in [1.807, 2.05) is 19.9 Å². The second-order valence-corrected chi connectivity index (χ2v) is 15.6. The molecule has 5 rings (SSSR count). The van der Waals surface area contributed by atoms with Gasteiger partial charge in [-0.25, -0.2) is 0 Å². The number of hydrogen-bond acceptors (Lipinski definition) is 5. The molecule has 5 aliphatic rings. The zero-order valence-corrected chi connectivity index (χ0v) is 24.0. The molecule has 9 atom stereocenters. The molecule has 5 heteroatoms. The Morgan fingerprint density at radius 3 is 2.24 bits per heavy atom. The zero-order valence-electron chi connectivity index (χ0n) is 24.0. The summed E-state index contributed by atoms with van der Waals surface area (Å²) in [7, 11) is 0. The summed E-state index contributed by atoms with van der Waals surface area (Å²) in [4.78, 5) is 27.7. The van der Waals surface area contributed by atoms with Gasteiger partial charge in [0.05, 0.1) is 18.3 Å². The molecule has 8 unspecified atom stereocenters. The molecule has 0 radical (unpaired) electrons. The SMILES string of the molecule is CC1(C)CCC2(C(O)CO)CC[C@]3(C)C(C(=O)CC4C5(C)C=C(C#N)C(=O)C(C)(C)C5CCC43C)C2C1. The molecule has 2 N–H and O–H groups in total. The lowest BCUT2D eigenvalue weighted by Crippen LogP contribution is -2.69. The summed E-state index contributed by atoms with van der Waals surface area (Å²) in [6.07, 6.45) is 7.96. The van der Waals surface area contributed by atoms with E-state index >= 15 is 0 Å². The Morgan fingerprint density at radius 1 is 0.973 bits per heavy atom. The summed E-state index contributed by atoms with van der Waals surface area (Å²) in [5.41, 5.74) is -1.42. The summed E-state index contributed by atoms with van der Waals surface area (Å²) in [5.74, 6) is 0.324. The summed E-state index contributed by atoms with van der Waals surface area (Å²) in [6, 6.07) is 2.20. The van der Waals surface area contributed by atoms with Crippen LogP contribution in [0.5, 0.6) is 0 Å². The van der Waals surface area contributed by atoms with Crippen molar-refractivity contribution >= 4 is 11.6 Å². The number of rotatable bonds is 2. The first-order valence-corrected chi connectivity index (χ1v) is 14.5. The first-order valence-electron chi connectivity index (χ1n) is 14.5. The number of nitrogens with zero attached hydrogens (tertiary/aromatic N) is 1. The van der Waals surface area contributed by atoms with E-state index in [9.17, 15) is 25.1 Å². The first kappa shape index (κ1) is 27.1. The molecule has 0 aromatic heterocycles. The van der Waals surface area contributed by atoms with E-state index in [1.54, 1.807) is 0 Å². The van der Waals surface area contributed by atoms with Crippen molar-refractivity contribution < 1.29 is 19.8 Å². The van der Waals surface area contributed by atoms with Crippen LogP contribution in [0.4, 0.5) is 0 Å². The van der Waals surface area contributed by atoms with Gasteiger partial charge in [-0.3, -0.25) is 9.59 Å². The highest BCUT2D eigenvalue weighted by Crippen LogP contribution is 2.76. The minimum absolute atomic E-state index is 0.0579. The second-order valence-electron chi connectivity index (χ2n) is 15.6. The van der Waals surface area contributed by atoms with E-state index in [0.29, 0.717) is 12.2 Å². The van der Waals surface area contributed by atoms with E-state index in [-0.39, 0.29) is 57.9 Å². The number of ketones is 2. The minimum atomic E-state index is -0.795. The summed E-state index contributed by atoms with van der Waals surface area (Å²) in [5, 5.41) is 31.2. The minimum Gasteiger partial charge on any atom is -0.394 e. The lowest BCUT2D eigenvalue weighted by Gasteiger charge is -2.72. The predicted octanol–water partition coefficient (Wildman–Crippen LogP) is 5.64. The monoisotopic (exact) mass is 509 g/mol. The summed E-state index contributed by atoms with van der Waals surface area (Å²) in [6.45, 7) is 15.3. The van der Waals surface area contributed by atoms with Gasteiger partial charge in [0, 0.05) is 23.2 Å². The number of hydrogen-bond donors (Lipinski definition) is 2. The fourth-order valence-electron chi connectivity index (χ4n) is 11.1. The number of fused-ring (bicyclic) bond motifs is 7. The van der Waals surface area contributed by atoms with E-state index in [4.69, 9.17) is 0 Å². The van der Waals surface area contributed by atoms with Gasteiger partial charge in [-0.2, -0.15) is 5.26 Å². The van der Waals surface area contributed by atoms with Crippen LogP contribution in [-0.2, 0) is 9.59 Å². The maximum Gasteiger partial charge on any atom is 0.178 e. The standard InChI is InChI=1S/C32H47NO4/c1-27(2)10-12-32(24(36)18-34)13-11-31(7)25(20(32)16-27)21(35)14-23-29(5)15-19(17-33)26(37)28(3,4)22(29)8-9-30(23,31)6/h15,20,22-25,34,36H,8-14,16,18H2,1-7H3/t20?,22?,23?,24?,25?,29?,30?,31-,32?/m1/s1. The summed E-state index contributed by atoms with van der Waals surface area (Å²) >= 11 is 0. The third kappa shape index (κ3) is 3.27. The average Bonchev–Trinajstić information content (AvgIpc) is 2.82. The van der Waals surface area contributed by atoms with E-state index in [1.165, 1.54) is 0 Å². The van der Waals surface area contributed by atoms with Crippen molar-refractivity contribution in [1.29, 1.82) is 5.26 Å². The lowest BCUT2D eigenvalue weighted by atomic mass is 9.31. The highest BCUT2D eigenvalue weighted by molar-refractivity contribution is 6.04. The molecule has 0 spiro atoms. The van der Waals surface area contributed by atoms with E-state index < -0.39 is 22.3 Å². The van der Waals surface area contributed by atoms with Crippen LogP contribution in [-0.4, -0.2) is 34.5 Å². The van der Waals surface area contributed by atoms with Gasteiger partial charge < -0.3 is 10.2 Å². The molecule has 5 aliphatic carbocycles. The molecule has 0 aromatic carbocycles. The third-order valence-electron chi connectivity index (χ3n) is 13.4. The molecule has 5 nitrogen and oxygen atoms in total. The number of aliphatic hydroxyl groups excluding tert-OH is 2. The maximum absolute atomic E-state index is 14.4. The van der Waals surface area contributed by atoms with E-state index in [2.05, 4.69) is 40.7 Å². The smallest absolute Gasteiger partial charge is 0.178 e. The van der Waals surface area contributed by atoms with Crippen LogP contribution >= 0.6 is 0 Å². The van der Waals surface area contributed by atoms with Gasteiger partial charge in [0.25, 0.3) is 0 Å². The Morgan fingerprint density at radius 2 is 1.62 bits per heavy atom. The number of Topliss-reactive ketones (excluding diaryl/α,β-unsaturated/α-hetero) is 2. The van der Waals surface area contributed by atoms with Gasteiger partial charge >= 0.3 is 0 Å². The molecule has 4 saturated carbocycles. The normalized spacial score (nSPS) is 48.9. The third-order valence-corrected chi connectivity index (χ3v) is 13.4. The van der Waals surface area contributed by atoms with E-state index in [0.717, 1.165) is 44.9 Å². The Bertz CT molecular complexity index is 1100. The number of nitriles is 1. The summed E-state index contributed by atoms with van der Waals surface area (Å²) < 4.78 is 0. The highest BCUT2D eigenvalue weighted by Gasteiger charge is 2.72. The molecule has 0 saturated heterocycles. The quantitative estimate of drug-likeness (QED) is 0.502. The zero-order chi connectivity index (χ0) is 27.4. The predicted molar refractivity (Wildman–Crippen MR) is 142 cm³/mol. The number of aliphatic hydroxyl groups is 2. The number of carbonyl (C=O) groups excluding carboxylic acids is 2. The maximum atomic E-state index is 14.4. The van der Waals surface area contributed by atoms with Crippen LogP contribution in [0.25, 0.3) is 0 Å². The van der Waals surface area contributed by atoms with Gasteiger partial charge in [-0.05, 0) is 84.4 Å². The Kier molecular flexibility index (Phi) is 5.86. The van der Waals surface area contributed by atoms with Crippen LogP contribution in [0.1, 0.15) is 99.8 Å². The van der Waals surface area contributed by atoms with Crippen LogP contribution in [0, 0.1) is 67.5 Å². The van der Waals surface area contributed by atoms with Crippen molar-refractivity contribution in [3.8, 4) is 6.07 Å². The number of carbonyl (C=O) groups is 2. The van der Waals surface area contributed by atoms with Gasteiger partial charge in [-0.1, -0.05) is 54.5 Å². The second kappa shape index (κ2) is 8.01. The van der Waals surface area contributed by atoms with Gasteiger partial charge in [0.1, 0.15) is 11.9 Å². The molecule has 0 heterocycles. The molecular weight excluding hydrogens is 462 g/mol. The average molecular weight is 510 g/mol. The molecule has 4 fully saturated rings. The topological polar surface area (TPSA) is 98.4 Å². The van der Waals surface area contributed by atoms with Crippen LogP contribution < -0.4 is 0 Å². The van der Waals surface area contributed by atoms with Gasteiger partial charge in [-0.15, -0.1) is 0 Å². The van der Waals surface area contributed by atoms with Crippen molar-refractivity contribution in [2.75, 3.05) is 6.61 Å². The highest BCUT2D eigenvalue weighted by atomic mass is 16.3. The van der Waals surface area contributed by atoms with Crippen LogP contribution in [0.15, 0.2) is 11.6 Å². The first-order chi connectivity index (χ1) is 17.0. The van der Waals surface area contributed by atoms with Crippen molar-refractivity contribution in [2.24, 2.45) is 56.2 Å². The Balaban J connectivity index is 1.64. The van der Waals surface area contributed by atoms with Crippen molar-refractivity contribution in [1.82, 2.24) is 0 Å². The molecule has 0 bridgehead atoms. The Hall–Kier alpha value is -1.51. The van der Waals surface area contributed by atoms with Crippen LogP contribution in [0.3, 0.4) is 0 Å². The molecule has 0 aliphatic heterocycles. The Labute approximate surface area is 223 Å². The lowest BCUT2D eigenvalue weighted by molar-refractivity contribution is -0.236. The van der Waals surface area contributed by atoms with Crippen molar-refractivity contribution in [3.05, 3.63) is 11.6 Å². The van der Waals surface area contributed by atoms with Crippen LogP contribution in [0.2, 0.25) is 0 Å². The molecule has 37 heavy (non-hydrogen) atoms. The largest absolute Gasteiger partial charge is 0.394 e.